The summed E-state index contributed by atoms with van der Waals surface area (Å²) in [6.07, 6.45) is 4.96. The van der Waals surface area contributed by atoms with Crippen LogP contribution in [0.25, 0.3) is 11.0 Å². The summed E-state index contributed by atoms with van der Waals surface area (Å²) in [5, 5.41) is 0. The molecule has 0 spiro atoms. The van der Waals surface area contributed by atoms with E-state index in [-0.39, 0.29) is 17.6 Å². The molecular weight excluding hydrogens is 307 g/mol. The summed E-state index contributed by atoms with van der Waals surface area (Å²) in [6, 6.07) is 8.05. The Kier molecular flexibility index (Phi) is 3.72. The topological polar surface area (TPSA) is 61.9 Å². The number of aromatic nitrogens is 3. The molecule has 122 valence electrons. The second-order valence-corrected chi connectivity index (χ2v) is 6.09. The molecule has 1 aliphatic rings. The number of amides is 1. The molecule has 1 aliphatic heterocycles. The van der Waals surface area contributed by atoms with Crippen LogP contribution in [-0.2, 0) is 0 Å². The summed E-state index contributed by atoms with van der Waals surface area (Å²) >= 11 is 0. The van der Waals surface area contributed by atoms with Gasteiger partial charge in [0, 0.05) is 37.0 Å². The molecule has 1 aromatic carbocycles. The van der Waals surface area contributed by atoms with E-state index in [4.69, 9.17) is 0 Å². The number of aromatic amines is 1. The SMILES string of the molecule is O=C(c1ccncc1)N1CCC(c2nc3ccc(F)cc3[nH]2)CC1. The molecule has 0 aliphatic carbocycles. The number of carbonyl (C=O) groups is 1. The first-order chi connectivity index (χ1) is 11.7. The number of imidazole rings is 1. The van der Waals surface area contributed by atoms with Crippen LogP contribution in [0.4, 0.5) is 4.39 Å². The van der Waals surface area contributed by atoms with Crippen LogP contribution in [0.3, 0.4) is 0 Å². The molecule has 6 heteroatoms. The molecule has 1 saturated heterocycles. The van der Waals surface area contributed by atoms with E-state index in [0.717, 1.165) is 29.7 Å². The maximum absolute atomic E-state index is 13.3. The molecule has 1 fully saturated rings. The van der Waals surface area contributed by atoms with Gasteiger partial charge in [-0.25, -0.2) is 9.37 Å². The molecule has 0 bridgehead atoms. The van der Waals surface area contributed by atoms with Crippen molar-refractivity contribution in [3.63, 3.8) is 0 Å². The predicted octanol–water partition coefficient (Wildman–Crippen LogP) is 3.12. The van der Waals surface area contributed by atoms with Gasteiger partial charge >= 0.3 is 0 Å². The van der Waals surface area contributed by atoms with Crippen LogP contribution in [0, 0.1) is 5.82 Å². The lowest BCUT2D eigenvalue weighted by atomic mass is 9.95. The van der Waals surface area contributed by atoms with Gasteiger partial charge in [-0.15, -0.1) is 0 Å². The van der Waals surface area contributed by atoms with Crippen LogP contribution in [0.2, 0.25) is 0 Å². The van der Waals surface area contributed by atoms with Gasteiger partial charge in [0.1, 0.15) is 11.6 Å². The molecule has 0 atom stereocenters. The van der Waals surface area contributed by atoms with Crippen molar-refractivity contribution >= 4 is 16.9 Å². The van der Waals surface area contributed by atoms with Crippen LogP contribution < -0.4 is 0 Å². The Bertz CT molecular complexity index is 869. The van der Waals surface area contributed by atoms with E-state index >= 15 is 0 Å². The first-order valence-corrected chi connectivity index (χ1v) is 8.05. The number of piperidine rings is 1. The van der Waals surface area contributed by atoms with Gasteiger partial charge < -0.3 is 9.88 Å². The molecule has 1 amide bonds. The summed E-state index contributed by atoms with van der Waals surface area (Å²) in [5.41, 5.74) is 2.17. The lowest BCUT2D eigenvalue weighted by molar-refractivity contribution is 0.0711. The zero-order chi connectivity index (χ0) is 16.5. The number of fused-ring (bicyclic) bond motifs is 1. The number of hydrogen-bond acceptors (Lipinski definition) is 3. The highest BCUT2D eigenvalue weighted by atomic mass is 19.1. The van der Waals surface area contributed by atoms with Crippen LogP contribution in [0.15, 0.2) is 42.7 Å². The van der Waals surface area contributed by atoms with Crippen molar-refractivity contribution in [2.75, 3.05) is 13.1 Å². The molecule has 0 unspecified atom stereocenters. The van der Waals surface area contributed by atoms with Gasteiger partial charge in [-0.1, -0.05) is 0 Å². The fraction of sp³-hybridized carbons (Fsp3) is 0.278. The highest BCUT2D eigenvalue weighted by Gasteiger charge is 2.26. The Morgan fingerprint density at radius 2 is 1.92 bits per heavy atom. The second kappa shape index (κ2) is 6.03. The quantitative estimate of drug-likeness (QED) is 0.788. The monoisotopic (exact) mass is 324 g/mol. The molecular formula is C18H17FN4O. The third-order valence-corrected chi connectivity index (χ3v) is 4.56. The number of rotatable bonds is 2. The van der Waals surface area contributed by atoms with Gasteiger partial charge in [-0.3, -0.25) is 9.78 Å². The van der Waals surface area contributed by atoms with Gasteiger partial charge in [0.2, 0.25) is 0 Å². The van der Waals surface area contributed by atoms with Crippen molar-refractivity contribution in [1.82, 2.24) is 19.9 Å². The Labute approximate surface area is 138 Å². The van der Waals surface area contributed by atoms with E-state index in [1.165, 1.54) is 12.1 Å². The number of halogens is 1. The zero-order valence-corrected chi connectivity index (χ0v) is 13.1. The van der Waals surface area contributed by atoms with Gasteiger partial charge in [-0.05, 0) is 43.2 Å². The first kappa shape index (κ1) is 14.8. The molecule has 5 nitrogen and oxygen atoms in total. The van der Waals surface area contributed by atoms with E-state index in [1.807, 2.05) is 4.90 Å². The number of H-pyrrole nitrogens is 1. The number of nitrogens with one attached hydrogen (secondary N) is 1. The third-order valence-electron chi connectivity index (χ3n) is 4.56. The van der Waals surface area contributed by atoms with Crippen molar-refractivity contribution in [1.29, 1.82) is 0 Å². The lowest BCUT2D eigenvalue weighted by Crippen LogP contribution is -2.38. The predicted molar refractivity (Wildman–Crippen MR) is 88.2 cm³/mol. The number of pyridine rings is 1. The van der Waals surface area contributed by atoms with Crippen LogP contribution >= 0.6 is 0 Å². The standard InChI is InChI=1S/C18H17FN4O/c19-14-1-2-15-16(11-14)22-17(21-15)12-5-9-23(10-6-12)18(24)13-3-7-20-8-4-13/h1-4,7-8,11-12H,5-6,9-10H2,(H,21,22). The van der Waals surface area contributed by atoms with E-state index in [1.54, 1.807) is 30.6 Å². The summed E-state index contributed by atoms with van der Waals surface area (Å²) in [5.74, 6) is 0.923. The minimum atomic E-state index is -0.268. The van der Waals surface area contributed by atoms with E-state index in [0.29, 0.717) is 18.7 Å². The van der Waals surface area contributed by atoms with Crippen molar-refractivity contribution in [2.45, 2.75) is 18.8 Å². The van der Waals surface area contributed by atoms with Crippen molar-refractivity contribution < 1.29 is 9.18 Å². The Hall–Kier alpha value is -2.76. The van der Waals surface area contributed by atoms with Crippen molar-refractivity contribution in [3.8, 4) is 0 Å². The second-order valence-electron chi connectivity index (χ2n) is 6.09. The largest absolute Gasteiger partial charge is 0.342 e. The lowest BCUT2D eigenvalue weighted by Gasteiger charge is -2.31. The Morgan fingerprint density at radius 3 is 2.67 bits per heavy atom. The van der Waals surface area contributed by atoms with Gasteiger partial charge in [0.25, 0.3) is 5.91 Å². The van der Waals surface area contributed by atoms with Crippen LogP contribution in [0.5, 0.6) is 0 Å². The number of carbonyl (C=O) groups excluding carboxylic acids is 1. The van der Waals surface area contributed by atoms with Gasteiger partial charge in [-0.2, -0.15) is 0 Å². The normalized spacial score (nSPS) is 15.8. The van der Waals surface area contributed by atoms with Crippen molar-refractivity contribution in [3.05, 3.63) is 59.9 Å². The average Bonchev–Trinajstić information content (AvgIpc) is 3.05. The minimum Gasteiger partial charge on any atom is -0.342 e. The smallest absolute Gasteiger partial charge is 0.253 e. The maximum Gasteiger partial charge on any atom is 0.253 e. The van der Waals surface area contributed by atoms with Gasteiger partial charge in [0.05, 0.1) is 11.0 Å². The van der Waals surface area contributed by atoms with Gasteiger partial charge in [0.15, 0.2) is 0 Å². The van der Waals surface area contributed by atoms with Crippen LogP contribution in [-0.4, -0.2) is 38.8 Å². The average molecular weight is 324 g/mol. The third kappa shape index (κ3) is 2.75. The number of likely N-dealkylation sites (tertiary alicyclic amines) is 1. The minimum absolute atomic E-state index is 0.0440. The highest BCUT2D eigenvalue weighted by Crippen LogP contribution is 2.28. The summed E-state index contributed by atoms with van der Waals surface area (Å²) < 4.78 is 13.3. The van der Waals surface area contributed by atoms with Crippen molar-refractivity contribution in [2.24, 2.45) is 0 Å². The summed E-state index contributed by atoms with van der Waals surface area (Å²) in [6.45, 7) is 1.38. The zero-order valence-electron chi connectivity index (χ0n) is 13.1. The molecule has 3 heterocycles. The molecule has 1 N–H and O–H groups in total. The molecule has 24 heavy (non-hydrogen) atoms. The molecule has 2 aromatic heterocycles. The number of benzene rings is 1. The first-order valence-electron chi connectivity index (χ1n) is 8.05. The number of nitrogens with zero attached hydrogens (tertiary/aromatic N) is 3. The Balaban J connectivity index is 1.46. The summed E-state index contributed by atoms with van der Waals surface area (Å²) in [4.78, 5) is 26.1. The molecule has 4 rings (SSSR count). The van der Waals surface area contributed by atoms with E-state index < -0.39 is 0 Å². The molecule has 3 aromatic rings. The maximum atomic E-state index is 13.3. The fourth-order valence-corrected chi connectivity index (χ4v) is 3.23. The number of hydrogen-bond donors (Lipinski definition) is 1. The molecule has 0 radical (unpaired) electrons. The Morgan fingerprint density at radius 1 is 1.17 bits per heavy atom. The summed E-state index contributed by atoms with van der Waals surface area (Å²) in [7, 11) is 0. The van der Waals surface area contributed by atoms with Crippen LogP contribution in [0.1, 0.15) is 34.9 Å². The fourth-order valence-electron chi connectivity index (χ4n) is 3.23. The molecule has 0 saturated carbocycles. The highest BCUT2D eigenvalue weighted by molar-refractivity contribution is 5.94. The van der Waals surface area contributed by atoms with E-state index in [2.05, 4.69) is 15.0 Å². The van der Waals surface area contributed by atoms with E-state index in [9.17, 15) is 9.18 Å².